The Bertz CT molecular complexity index is 810. The van der Waals surface area contributed by atoms with Crippen molar-refractivity contribution in [3.63, 3.8) is 0 Å². The van der Waals surface area contributed by atoms with E-state index in [0.717, 1.165) is 43.5 Å². The molecule has 0 saturated carbocycles. The van der Waals surface area contributed by atoms with Crippen LogP contribution in [0.3, 0.4) is 0 Å². The molecule has 1 aliphatic rings. The smallest absolute Gasteiger partial charge is 0.240 e. The quantitative estimate of drug-likeness (QED) is 0.713. The zero-order chi connectivity index (χ0) is 16.4. The molecule has 4 rings (SSSR count). The number of aromatic nitrogens is 5. The summed E-state index contributed by atoms with van der Waals surface area (Å²) in [6.45, 7) is 5.38. The van der Waals surface area contributed by atoms with Gasteiger partial charge in [-0.2, -0.15) is 4.98 Å². The van der Waals surface area contributed by atoms with Gasteiger partial charge in [0.25, 0.3) is 0 Å². The van der Waals surface area contributed by atoms with E-state index in [2.05, 4.69) is 48.9 Å². The second-order valence-electron chi connectivity index (χ2n) is 6.02. The Morgan fingerprint density at radius 2 is 2.00 bits per heavy atom. The minimum absolute atomic E-state index is 0.649. The third-order valence-corrected chi connectivity index (χ3v) is 4.30. The number of hydrogen-bond donors (Lipinski definition) is 0. The summed E-state index contributed by atoms with van der Waals surface area (Å²) in [6.07, 6.45) is 1.61. The zero-order valence-corrected chi connectivity index (χ0v) is 13.7. The van der Waals surface area contributed by atoms with Crippen molar-refractivity contribution >= 4 is 0 Å². The van der Waals surface area contributed by atoms with Crippen LogP contribution in [0, 0.1) is 0 Å². The van der Waals surface area contributed by atoms with Crippen LogP contribution in [0.5, 0.6) is 0 Å². The van der Waals surface area contributed by atoms with Crippen LogP contribution in [0.25, 0.3) is 0 Å². The fourth-order valence-corrected chi connectivity index (χ4v) is 3.06. The molecule has 0 atom stereocenters. The van der Waals surface area contributed by atoms with Crippen molar-refractivity contribution in [2.24, 2.45) is 0 Å². The van der Waals surface area contributed by atoms with Crippen LogP contribution in [0.2, 0.25) is 0 Å². The van der Waals surface area contributed by atoms with Gasteiger partial charge in [0, 0.05) is 25.9 Å². The third-order valence-electron chi connectivity index (χ3n) is 4.30. The SMILES string of the molecule is CCc1nnc2n1CCN(Cc1nc(Cc3ccccc3)no1)C2. The first-order chi connectivity index (χ1) is 11.8. The van der Waals surface area contributed by atoms with Crippen LogP contribution in [-0.2, 0) is 32.5 Å². The molecule has 2 aromatic heterocycles. The van der Waals surface area contributed by atoms with E-state index in [4.69, 9.17) is 4.52 Å². The van der Waals surface area contributed by atoms with Crippen molar-refractivity contribution < 1.29 is 4.52 Å². The topological polar surface area (TPSA) is 72.9 Å². The first-order valence-electron chi connectivity index (χ1n) is 8.30. The van der Waals surface area contributed by atoms with E-state index in [0.29, 0.717) is 18.9 Å². The first kappa shape index (κ1) is 15.0. The van der Waals surface area contributed by atoms with Gasteiger partial charge in [0.05, 0.1) is 13.1 Å². The maximum absolute atomic E-state index is 5.41. The predicted octanol–water partition coefficient (Wildman–Crippen LogP) is 1.83. The summed E-state index contributed by atoms with van der Waals surface area (Å²) in [5.74, 6) is 3.46. The van der Waals surface area contributed by atoms with E-state index in [9.17, 15) is 0 Å². The molecule has 0 spiro atoms. The molecule has 0 bridgehead atoms. The van der Waals surface area contributed by atoms with Gasteiger partial charge < -0.3 is 9.09 Å². The zero-order valence-electron chi connectivity index (χ0n) is 13.7. The van der Waals surface area contributed by atoms with E-state index >= 15 is 0 Å². The molecule has 24 heavy (non-hydrogen) atoms. The lowest BCUT2D eigenvalue weighted by molar-refractivity contribution is 0.182. The second-order valence-corrected chi connectivity index (χ2v) is 6.02. The van der Waals surface area contributed by atoms with Gasteiger partial charge in [-0.1, -0.05) is 42.4 Å². The summed E-state index contributed by atoms with van der Waals surface area (Å²) in [7, 11) is 0. The Morgan fingerprint density at radius 1 is 1.12 bits per heavy atom. The molecule has 0 unspecified atom stereocenters. The molecule has 0 amide bonds. The normalized spacial score (nSPS) is 14.7. The van der Waals surface area contributed by atoms with Crippen molar-refractivity contribution in [1.29, 1.82) is 0 Å². The van der Waals surface area contributed by atoms with Crippen molar-refractivity contribution in [2.45, 2.75) is 39.4 Å². The van der Waals surface area contributed by atoms with Crippen molar-refractivity contribution in [3.05, 3.63) is 59.3 Å². The van der Waals surface area contributed by atoms with Gasteiger partial charge >= 0.3 is 0 Å². The number of hydrogen-bond acceptors (Lipinski definition) is 6. The van der Waals surface area contributed by atoms with Gasteiger partial charge in [-0.25, -0.2) is 0 Å². The predicted molar refractivity (Wildman–Crippen MR) is 87.1 cm³/mol. The lowest BCUT2D eigenvalue weighted by Gasteiger charge is -2.26. The Hall–Kier alpha value is -2.54. The molecular weight excluding hydrogens is 304 g/mol. The molecule has 0 radical (unpaired) electrons. The highest BCUT2D eigenvalue weighted by molar-refractivity contribution is 5.18. The van der Waals surface area contributed by atoms with Crippen LogP contribution in [0.15, 0.2) is 34.9 Å². The van der Waals surface area contributed by atoms with Crippen molar-refractivity contribution in [1.82, 2.24) is 29.8 Å². The summed E-state index contributed by atoms with van der Waals surface area (Å²) in [6, 6.07) is 10.2. The minimum Gasteiger partial charge on any atom is -0.338 e. The van der Waals surface area contributed by atoms with Crippen LogP contribution in [-0.4, -0.2) is 36.3 Å². The molecule has 1 aromatic carbocycles. The maximum Gasteiger partial charge on any atom is 0.240 e. The van der Waals surface area contributed by atoms with Crippen LogP contribution >= 0.6 is 0 Å². The highest BCUT2D eigenvalue weighted by atomic mass is 16.5. The van der Waals surface area contributed by atoms with E-state index in [1.165, 1.54) is 5.56 Å². The molecule has 0 saturated heterocycles. The van der Waals surface area contributed by atoms with Gasteiger partial charge in [-0.3, -0.25) is 4.90 Å². The summed E-state index contributed by atoms with van der Waals surface area (Å²) >= 11 is 0. The van der Waals surface area contributed by atoms with E-state index in [-0.39, 0.29) is 0 Å². The number of benzene rings is 1. The molecule has 0 aliphatic carbocycles. The Balaban J connectivity index is 1.40. The standard InChI is InChI=1S/C17H20N6O/c1-2-15-19-20-16-11-22(8-9-23(15)16)12-17-18-14(21-24-17)10-13-6-4-3-5-7-13/h3-7H,2,8-12H2,1H3. The molecule has 0 fully saturated rings. The largest absolute Gasteiger partial charge is 0.338 e. The van der Waals surface area contributed by atoms with Gasteiger partial charge in [0.1, 0.15) is 11.6 Å². The monoisotopic (exact) mass is 324 g/mol. The van der Waals surface area contributed by atoms with Crippen molar-refractivity contribution in [3.8, 4) is 0 Å². The van der Waals surface area contributed by atoms with Gasteiger partial charge in [0.2, 0.25) is 5.89 Å². The van der Waals surface area contributed by atoms with E-state index in [1.54, 1.807) is 0 Å². The number of rotatable bonds is 5. The number of nitrogens with zero attached hydrogens (tertiary/aromatic N) is 6. The lowest BCUT2D eigenvalue weighted by Crippen LogP contribution is -2.34. The number of fused-ring (bicyclic) bond motifs is 1. The summed E-state index contributed by atoms with van der Waals surface area (Å²) in [5, 5.41) is 12.6. The molecule has 124 valence electrons. The Kier molecular flexibility index (Phi) is 4.08. The number of aryl methyl sites for hydroxylation is 1. The highest BCUT2D eigenvalue weighted by Gasteiger charge is 2.22. The van der Waals surface area contributed by atoms with Crippen LogP contribution in [0.1, 0.15) is 35.9 Å². The summed E-state index contributed by atoms with van der Waals surface area (Å²) in [4.78, 5) is 6.78. The lowest BCUT2D eigenvalue weighted by atomic mass is 10.1. The summed E-state index contributed by atoms with van der Waals surface area (Å²) in [5.41, 5.74) is 1.18. The second kappa shape index (κ2) is 6.52. The maximum atomic E-state index is 5.41. The molecule has 1 aliphatic heterocycles. The average molecular weight is 324 g/mol. The summed E-state index contributed by atoms with van der Waals surface area (Å²) < 4.78 is 7.62. The van der Waals surface area contributed by atoms with E-state index in [1.807, 2.05) is 18.2 Å². The van der Waals surface area contributed by atoms with E-state index < -0.39 is 0 Å². The Labute approximate surface area is 140 Å². The van der Waals surface area contributed by atoms with Gasteiger partial charge in [-0.15, -0.1) is 10.2 Å². The third kappa shape index (κ3) is 3.07. The van der Waals surface area contributed by atoms with Crippen LogP contribution in [0.4, 0.5) is 0 Å². The molecule has 0 N–H and O–H groups in total. The molecular formula is C17H20N6O. The molecule has 3 heterocycles. The fraction of sp³-hybridized carbons (Fsp3) is 0.412. The highest BCUT2D eigenvalue weighted by Crippen LogP contribution is 2.15. The van der Waals surface area contributed by atoms with Gasteiger partial charge in [0.15, 0.2) is 5.82 Å². The van der Waals surface area contributed by atoms with Crippen LogP contribution < -0.4 is 0 Å². The average Bonchev–Trinajstić information content (AvgIpc) is 3.22. The molecule has 7 nitrogen and oxygen atoms in total. The minimum atomic E-state index is 0.649. The van der Waals surface area contributed by atoms with Gasteiger partial charge in [-0.05, 0) is 5.56 Å². The molecule has 3 aromatic rings. The van der Waals surface area contributed by atoms with Crippen molar-refractivity contribution in [2.75, 3.05) is 6.54 Å². The molecule has 7 heteroatoms. The fourth-order valence-electron chi connectivity index (χ4n) is 3.06. The Morgan fingerprint density at radius 3 is 2.83 bits per heavy atom. The first-order valence-corrected chi connectivity index (χ1v) is 8.30.